The van der Waals surface area contributed by atoms with Crippen LogP contribution in [0.25, 0.3) is 0 Å². The Labute approximate surface area is 142 Å². The Morgan fingerprint density at radius 3 is 1.54 bits per heavy atom. The second-order valence-electron chi connectivity index (χ2n) is 5.52. The van der Waals surface area contributed by atoms with Crippen LogP contribution in [0.5, 0.6) is 0 Å². The third-order valence-corrected chi connectivity index (χ3v) is 8.27. The summed E-state index contributed by atoms with van der Waals surface area (Å²) < 4.78 is 38.7. The number of hydrogen-bond acceptors (Lipinski definition) is 3. The zero-order chi connectivity index (χ0) is 17.2. The van der Waals surface area contributed by atoms with Gasteiger partial charge >= 0.3 is 0 Å². The SMILES string of the molecule is CS(=O)(=O)c1ccccc1P(=O)(c1ccccc1)c1ccccc1. The second-order valence-corrected chi connectivity index (χ2v) is 10.2. The molecule has 0 saturated heterocycles. The molecule has 0 unspecified atom stereocenters. The van der Waals surface area contributed by atoms with Gasteiger partial charge in [-0.2, -0.15) is 0 Å². The van der Waals surface area contributed by atoms with E-state index in [0.29, 0.717) is 15.9 Å². The molecule has 0 heterocycles. The summed E-state index contributed by atoms with van der Waals surface area (Å²) in [6.07, 6.45) is 1.14. The van der Waals surface area contributed by atoms with Crippen molar-refractivity contribution >= 4 is 32.9 Å². The average Bonchev–Trinajstić information content (AvgIpc) is 2.62. The van der Waals surface area contributed by atoms with Crippen LogP contribution in [-0.2, 0) is 14.4 Å². The van der Waals surface area contributed by atoms with Crippen molar-refractivity contribution < 1.29 is 13.0 Å². The predicted octanol–water partition coefficient (Wildman–Crippen LogP) is 2.73. The molecular formula is C19H17O3PS. The highest BCUT2D eigenvalue weighted by Gasteiger charge is 2.33. The van der Waals surface area contributed by atoms with Gasteiger partial charge in [-0.15, -0.1) is 0 Å². The van der Waals surface area contributed by atoms with Crippen molar-refractivity contribution in [3.63, 3.8) is 0 Å². The fourth-order valence-corrected chi connectivity index (χ4v) is 7.11. The fourth-order valence-electron chi connectivity index (χ4n) is 2.73. The zero-order valence-electron chi connectivity index (χ0n) is 13.2. The van der Waals surface area contributed by atoms with Gasteiger partial charge in [0.1, 0.15) is 0 Å². The van der Waals surface area contributed by atoms with Crippen LogP contribution < -0.4 is 15.9 Å². The minimum atomic E-state index is -3.50. The highest BCUT2D eigenvalue weighted by molar-refractivity contribution is 7.93. The van der Waals surface area contributed by atoms with Gasteiger partial charge in [-0.1, -0.05) is 72.8 Å². The molecule has 122 valence electrons. The maximum atomic E-state index is 14.2. The van der Waals surface area contributed by atoms with E-state index in [1.54, 1.807) is 42.5 Å². The summed E-state index contributed by atoms with van der Waals surface area (Å²) in [6, 6.07) is 24.6. The van der Waals surface area contributed by atoms with E-state index >= 15 is 0 Å². The molecule has 3 aromatic carbocycles. The highest BCUT2D eigenvalue weighted by Crippen LogP contribution is 2.43. The summed E-state index contributed by atoms with van der Waals surface area (Å²) in [5.74, 6) is 0. The molecule has 0 bridgehead atoms. The third-order valence-electron chi connectivity index (χ3n) is 3.84. The van der Waals surface area contributed by atoms with Crippen molar-refractivity contribution in [2.45, 2.75) is 4.90 Å². The lowest BCUT2D eigenvalue weighted by atomic mass is 10.3. The molecule has 0 fully saturated rings. The molecule has 0 aliphatic rings. The molecule has 5 heteroatoms. The Kier molecular flexibility index (Phi) is 4.44. The van der Waals surface area contributed by atoms with Crippen molar-refractivity contribution in [2.75, 3.05) is 6.26 Å². The summed E-state index contributed by atoms with van der Waals surface area (Å²) in [7, 11) is -6.79. The normalized spacial score (nSPS) is 12.0. The van der Waals surface area contributed by atoms with Crippen LogP contribution in [0.2, 0.25) is 0 Å². The van der Waals surface area contributed by atoms with Crippen LogP contribution in [0.3, 0.4) is 0 Å². The van der Waals surface area contributed by atoms with E-state index in [2.05, 4.69) is 0 Å². The smallest absolute Gasteiger partial charge is 0.176 e. The maximum absolute atomic E-state index is 14.2. The average molecular weight is 356 g/mol. The molecule has 3 aromatic rings. The summed E-state index contributed by atoms with van der Waals surface area (Å²) in [5, 5.41) is 1.59. The predicted molar refractivity (Wildman–Crippen MR) is 98.9 cm³/mol. The van der Waals surface area contributed by atoms with Gasteiger partial charge in [0.15, 0.2) is 17.0 Å². The van der Waals surface area contributed by atoms with Crippen LogP contribution in [0.15, 0.2) is 89.8 Å². The Morgan fingerprint density at radius 2 is 1.08 bits per heavy atom. The van der Waals surface area contributed by atoms with Gasteiger partial charge in [0.2, 0.25) is 0 Å². The number of benzene rings is 3. The largest absolute Gasteiger partial charge is 0.309 e. The lowest BCUT2D eigenvalue weighted by molar-refractivity contribution is 0.590. The number of sulfone groups is 1. The van der Waals surface area contributed by atoms with Crippen LogP contribution in [0.4, 0.5) is 0 Å². The quantitative estimate of drug-likeness (QED) is 0.676. The van der Waals surface area contributed by atoms with Gasteiger partial charge in [-0.25, -0.2) is 8.42 Å². The molecule has 0 N–H and O–H groups in total. The van der Waals surface area contributed by atoms with E-state index in [1.807, 2.05) is 36.4 Å². The van der Waals surface area contributed by atoms with E-state index in [-0.39, 0.29) is 4.90 Å². The first-order valence-corrected chi connectivity index (χ1v) is 11.0. The van der Waals surface area contributed by atoms with Crippen LogP contribution >= 0.6 is 7.14 Å². The van der Waals surface area contributed by atoms with E-state index < -0.39 is 17.0 Å². The first-order valence-electron chi connectivity index (χ1n) is 7.45. The van der Waals surface area contributed by atoms with Gasteiger partial charge in [-0.3, -0.25) is 0 Å². The fraction of sp³-hybridized carbons (Fsp3) is 0.0526. The van der Waals surface area contributed by atoms with E-state index in [4.69, 9.17) is 0 Å². The zero-order valence-corrected chi connectivity index (χ0v) is 14.9. The van der Waals surface area contributed by atoms with Gasteiger partial charge in [0.05, 0.1) is 4.90 Å². The highest BCUT2D eigenvalue weighted by atomic mass is 32.2. The Bertz CT molecular complexity index is 954. The van der Waals surface area contributed by atoms with E-state index in [9.17, 15) is 13.0 Å². The van der Waals surface area contributed by atoms with Gasteiger partial charge < -0.3 is 4.57 Å². The first kappa shape index (κ1) is 16.7. The van der Waals surface area contributed by atoms with Gasteiger partial charge in [0.25, 0.3) is 0 Å². The molecule has 0 saturated carbocycles. The van der Waals surface area contributed by atoms with E-state index in [0.717, 1.165) is 6.26 Å². The van der Waals surface area contributed by atoms with Crippen molar-refractivity contribution in [3.8, 4) is 0 Å². The summed E-state index contributed by atoms with van der Waals surface area (Å²) >= 11 is 0. The molecule has 0 amide bonds. The Hall–Kier alpha value is -2.16. The maximum Gasteiger partial charge on any atom is 0.176 e. The molecule has 0 radical (unpaired) electrons. The lowest BCUT2D eigenvalue weighted by Crippen LogP contribution is -2.28. The van der Waals surface area contributed by atoms with E-state index in [1.165, 1.54) is 6.07 Å². The molecule has 0 atom stereocenters. The standard InChI is InChI=1S/C19H17O3PS/c1-24(21,22)19-15-9-8-14-18(19)23(20,16-10-4-2-5-11-16)17-12-6-3-7-13-17/h2-15H,1H3. The Balaban J connectivity index is 2.40. The summed E-state index contributed by atoms with van der Waals surface area (Å²) in [5.41, 5.74) is 0. The van der Waals surface area contributed by atoms with Crippen molar-refractivity contribution in [2.24, 2.45) is 0 Å². The minimum Gasteiger partial charge on any atom is -0.309 e. The lowest BCUT2D eigenvalue weighted by Gasteiger charge is -2.22. The van der Waals surface area contributed by atoms with Gasteiger partial charge in [0, 0.05) is 22.2 Å². The van der Waals surface area contributed by atoms with Crippen molar-refractivity contribution in [1.82, 2.24) is 0 Å². The Morgan fingerprint density at radius 1 is 0.667 bits per heavy atom. The molecule has 0 aromatic heterocycles. The van der Waals surface area contributed by atoms with Crippen molar-refractivity contribution in [3.05, 3.63) is 84.9 Å². The minimum absolute atomic E-state index is 0.112. The number of rotatable bonds is 4. The second kappa shape index (κ2) is 6.39. The molecule has 3 nitrogen and oxygen atoms in total. The monoisotopic (exact) mass is 356 g/mol. The third kappa shape index (κ3) is 2.95. The molecule has 24 heavy (non-hydrogen) atoms. The van der Waals surface area contributed by atoms with Gasteiger partial charge in [-0.05, 0) is 12.1 Å². The molecule has 0 spiro atoms. The van der Waals surface area contributed by atoms with Crippen LogP contribution in [-0.4, -0.2) is 14.7 Å². The van der Waals surface area contributed by atoms with Crippen LogP contribution in [0.1, 0.15) is 0 Å². The van der Waals surface area contributed by atoms with Crippen molar-refractivity contribution in [1.29, 1.82) is 0 Å². The molecular weight excluding hydrogens is 339 g/mol. The summed E-state index contributed by atoms with van der Waals surface area (Å²) in [6.45, 7) is 0. The molecule has 0 aliphatic heterocycles. The first-order chi connectivity index (χ1) is 11.4. The van der Waals surface area contributed by atoms with Crippen LogP contribution in [0, 0.1) is 0 Å². The molecule has 0 aliphatic carbocycles. The molecule has 3 rings (SSSR count). The topological polar surface area (TPSA) is 51.2 Å². The summed E-state index contributed by atoms with van der Waals surface area (Å²) in [4.78, 5) is 0.112. The number of hydrogen-bond donors (Lipinski definition) is 0.